The molecule has 0 spiro atoms. The third-order valence-corrected chi connectivity index (χ3v) is 9.43. The number of carbonyl (C=O) groups is 2. The zero-order valence-corrected chi connectivity index (χ0v) is 21.0. The van der Waals surface area contributed by atoms with Crippen LogP contribution in [0.2, 0.25) is 0 Å². The van der Waals surface area contributed by atoms with E-state index in [9.17, 15) is 9.59 Å². The van der Waals surface area contributed by atoms with Gasteiger partial charge in [0.1, 0.15) is 0 Å². The van der Waals surface area contributed by atoms with Gasteiger partial charge in [-0.25, -0.2) is 0 Å². The van der Waals surface area contributed by atoms with Crippen molar-refractivity contribution in [1.82, 2.24) is 4.90 Å². The molecule has 1 aliphatic heterocycles. The van der Waals surface area contributed by atoms with E-state index in [1.807, 2.05) is 0 Å². The van der Waals surface area contributed by atoms with Gasteiger partial charge in [0.05, 0.1) is 4.91 Å². The number of amides is 2. The summed E-state index contributed by atoms with van der Waals surface area (Å²) in [4.78, 5) is 28.8. The Morgan fingerprint density at radius 3 is 1.81 bits per heavy atom. The van der Waals surface area contributed by atoms with Crippen LogP contribution in [-0.2, 0) is 4.79 Å². The van der Waals surface area contributed by atoms with Crippen molar-refractivity contribution < 1.29 is 9.59 Å². The highest BCUT2D eigenvalue weighted by Gasteiger charge is 2.42. The van der Waals surface area contributed by atoms with Gasteiger partial charge in [0.2, 0.25) is 0 Å². The third-order valence-electron chi connectivity index (χ3n) is 8.53. The fourth-order valence-corrected chi connectivity index (χ4v) is 7.32. The average Bonchev–Trinajstić information content (AvgIpc) is 3.47. The summed E-state index contributed by atoms with van der Waals surface area (Å²) in [7, 11) is 0. The molecule has 0 radical (unpaired) electrons. The second-order valence-electron chi connectivity index (χ2n) is 11.1. The SMILES string of the molecule is O=C1S/C(=C\C2CCCCCCCCCC2)C(=O)N1C1CCCCCCCC2CC2CC1. The molecule has 32 heavy (non-hydrogen) atoms. The molecule has 3 aliphatic carbocycles. The molecular formula is C28H45NO2S. The summed E-state index contributed by atoms with van der Waals surface area (Å²) in [5, 5.41) is 0.00218. The number of carbonyl (C=O) groups excluding carboxylic acids is 2. The summed E-state index contributed by atoms with van der Waals surface area (Å²) < 4.78 is 0. The van der Waals surface area contributed by atoms with E-state index in [1.165, 1.54) is 121 Å². The molecular weight excluding hydrogens is 414 g/mol. The molecule has 3 nitrogen and oxygen atoms in total. The standard InChI is InChI=1S/C28H45NO2S/c30-27-26(20-22-14-10-6-3-1-2-4-7-11-15-22)32-28(31)29(27)25-17-13-9-5-8-12-16-23-21-24(23)18-19-25/h20,22-25H,1-19,21H2/b26-20-. The van der Waals surface area contributed by atoms with Crippen molar-refractivity contribution in [2.45, 2.75) is 134 Å². The predicted molar refractivity (Wildman–Crippen MR) is 135 cm³/mol. The molecule has 4 aliphatic rings. The van der Waals surface area contributed by atoms with E-state index in [2.05, 4.69) is 6.08 Å². The Labute approximate surface area is 200 Å². The van der Waals surface area contributed by atoms with Gasteiger partial charge in [-0.2, -0.15) is 0 Å². The highest BCUT2D eigenvalue weighted by Crippen LogP contribution is 2.47. The van der Waals surface area contributed by atoms with Crippen molar-refractivity contribution in [2.24, 2.45) is 17.8 Å². The zero-order valence-electron chi connectivity index (χ0n) is 20.2. The van der Waals surface area contributed by atoms with Crippen LogP contribution in [0.1, 0.15) is 128 Å². The summed E-state index contributed by atoms with van der Waals surface area (Å²) in [6, 6.07) is 0.127. The largest absolute Gasteiger partial charge is 0.293 e. The number of hydrogen-bond donors (Lipinski definition) is 0. The lowest BCUT2D eigenvalue weighted by Gasteiger charge is -2.26. The van der Waals surface area contributed by atoms with Crippen LogP contribution in [-0.4, -0.2) is 22.1 Å². The maximum atomic E-state index is 13.4. The molecule has 1 saturated heterocycles. The molecule has 0 aromatic carbocycles. The van der Waals surface area contributed by atoms with Crippen molar-refractivity contribution in [3.05, 3.63) is 11.0 Å². The Kier molecular flexibility index (Phi) is 9.61. The van der Waals surface area contributed by atoms with E-state index in [-0.39, 0.29) is 17.2 Å². The zero-order chi connectivity index (χ0) is 22.2. The van der Waals surface area contributed by atoms with Gasteiger partial charge < -0.3 is 0 Å². The highest BCUT2D eigenvalue weighted by atomic mass is 32.2. The van der Waals surface area contributed by atoms with Crippen molar-refractivity contribution in [3.63, 3.8) is 0 Å². The van der Waals surface area contributed by atoms with Crippen LogP contribution in [0.3, 0.4) is 0 Å². The van der Waals surface area contributed by atoms with Crippen molar-refractivity contribution in [1.29, 1.82) is 0 Å². The molecule has 4 rings (SSSR count). The fraction of sp³-hybridized carbons (Fsp3) is 0.857. The number of imide groups is 1. The van der Waals surface area contributed by atoms with Crippen LogP contribution in [0.4, 0.5) is 4.79 Å². The van der Waals surface area contributed by atoms with Gasteiger partial charge in [0, 0.05) is 6.04 Å². The average molecular weight is 460 g/mol. The molecule has 0 aromatic heterocycles. The lowest BCUT2D eigenvalue weighted by atomic mass is 9.94. The number of fused-ring (bicyclic) bond motifs is 1. The Balaban J connectivity index is 1.39. The van der Waals surface area contributed by atoms with Crippen molar-refractivity contribution >= 4 is 22.9 Å². The first-order valence-corrected chi connectivity index (χ1v) is 14.8. The van der Waals surface area contributed by atoms with Crippen molar-refractivity contribution in [3.8, 4) is 0 Å². The first-order valence-electron chi connectivity index (χ1n) is 14.0. The number of rotatable bonds is 2. The number of nitrogens with zero attached hydrogens (tertiary/aromatic N) is 1. The molecule has 4 heteroatoms. The molecule has 0 N–H and O–H groups in total. The Morgan fingerprint density at radius 2 is 1.16 bits per heavy atom. The Hall–Kier alpha value is -0.770. The minimum Gasteiger partial charge on any atom is -0.268 e. The van der Waals surface area contributed by atoms with Crippen molar-refractivity contribution in [2.75, 3.05) is 0 Å². The number of hydrogen-bond acceptors (Lipinski definition) is 3. The van der Waals surface area contributed by atoms with E-state index in [0.717, 1.165) is 36.0 Å². The molecule has 0 aromatic rings. The Morgan fingerprint density at radius 1 is 0.625 bits per heavy atom. The van der Waals surface area contributed by atoms with Gasteiger partial charge >= 0.3 is 0 Å². The van der Waals surface area contributed by atoms with Gasteiger partial charge in [-0.15, -0.1) is 0 Å². The van der Waals surface area contributed by atoms with Gasteiger partial charge in [-0.05, 0) is 68.0 Å². The summed E-state index contributed by atoms with van der Waals surface area (Å²) in [6.45, 7) is 0. The first-order chi connectivity index (χ1) is 15.7. The van der Waals surface area contributed by atoms with Gasteiger partial charge in [-0.3, -0.25) is 14.5 Å². The molecule has 2 amide bonds. The topological polar surface area (TPSA) is 37.4 Å². The molecule has 0 bridgehead atoms. The quantitative estimate of drug-likeness (QED) is 0.388. The van der Waals surface area contributed by atoms with Crippen LogP contribution >= 0.6 is 11.8 Å². The van der Waals surface area contributed by atoms with E-state index in [0.29, 0.717) is 5.92 Å². The molecule has 4 fully saturated rings. The summed E-state index contributed by atoms with van der Waals surface area (Å²) in [5.41, 5.74) is 0. The van der Waals surface area contributed by atoms with Crippen LogP contribution < -0.4 is 0 Å². The Bertz CT molecular complexity index is 648. The first kappa shape index (κ1) is 24.4. The summed E-state index contributed by atoms with van der Waals surface area (Å²) in [5.74, 6) is 2.29. The molecule has 3 saturated carbocycles. The maximum Gasteiger partial charge on any atom is 0.293 e. The lowest BCUT2D eigenvalue weighted by Crippen LogP contribution is -2.39. The second kappa shape index (κ2) is 12.6. The normalized spacial score (nSPS) is 33.8. The third kappa shape index (κ3) is 7.11. The van der Waals surface area contributed by atoms with Gasteiger partial charge in [0.25, 0.3) is 11.1 Å². The molecule has 180 valence electrons. The molecule has 3 atom stereocenters. The minimum atomic E-state index is 0.00218. The maximum absolute atomic E-state index is 13.4. The van der Waals surface area contributed by atoms with Gasteiger partial charge in [0.15, 0.2) is 0 Å². The van der Waals surface area contributed by atoms with Crippen LogP contribution in [0.15, 0.2) is 11.0 Å². The smallest absolute Gasteiger partial charge is 0.268 e. The molecule has 1 heterocycles. The number of thioether (sulfide) groups is 1. The monoisotopic (exact) mass is 459 g/mol. The van der Waals surface area contributed by atoms with E-state index in [4.69, 9.17) is 0 Å². The van der Waals surface area contributed by atoms with E-state index >= 15 is 0 Å². The summed E-state index contributed by atoms with van der Waals surface area (Å²) >= 11 is 1.23. The lowest BCUT2D eigenvalue weighted by molar-refractivity contribution is -0.124. The van der Waals surface area contributed by atoms with Crippen LogP contribution in [0, 0.1) is 17.8 Å². The summed E-state index contributed by atoms with van der Waals surface area (Å²) in [6.07, 6.45) is 27.7. The van der Waals surface area contributed by atoms with E-state index in [1.54, 1.807) is 4.90 Å². The van der Waals surface area contributed by atoms with E-state index < -0.39 is 0 Å². The second-order valence-corrected chi connectivity index (χ2v) is 12.1. The van der Waals surface area contributed by atoms with Crippen LogP contribution in [0.5, 0.6) is 0 Å². The molecule has 3 unspecified atom stereocenters. The predicted octanol–water partition coefficient (Wildman–Crippen LogP) is 8.63. The fourth-order valence-electron chi connectivity index (χ4n) is 6.35. The van der Waals surface area contributed by atoms with Crippen LogP contribution in [0.25, 0.3) is 0 Å². The number of allylic oxidation sites excluding steroid dienone is 1. The van der Waals surface area contributed by atoms with Gasteiger partial charge in [-0.1, -0.05) is 96.0 Å². The highest BCUT2D eigenvalue weighted by molar-refractivity contribution is 8.18. The minimum absolute atomic E-state index is 0.00218.